The third-order valence-corrected chi connectivity index (χ3v) is 4.75. The van der Waals surface area contributed by atoms with E-state index in [2.05, 4.69) is 22.6 Å². The van der Waals surface area contributed by atoms with Crippen LogP contribution in [0.1, 0.15) is 11.7 Å². The zero-order chi connectivity index (χ0) is 12.8. The van der Waals surface area contributed by atoms with E-state index in [0.29, 0.717) is 0 Å². The van der Waals surface area contributed by atoms with E-state index in [9.17, 15) is 9.90 Å². The summed E-state index contributed by atoms with van der Waals surface area (Å²) in [4.78, 5) is 11.2. The number of hydrogen-bond acceptors (Lipinski definition) is 4. The van der Waals surface area contributed by atoms with Gasteiger partial charge in [0.2, 0.25) is 5.79 Å². The largest absolute Gasteiger partial charge is 0.425 e. The maximum atomic E-state index is 11.2. The van der Waals surface area contributed by atoms with Crippen molar-refractivity contribution in [1.29, 1.82) is 0 Å². The first-order chi connectivity index (χ1) is 8.62. The molecule has 1 aromatic rings. The summed E-state index contributed by atoms with van der Waals surface area (Å²) < 4.78 is 10.7. The van der Waals surface area contributed by atoms with Crippen molar-refractivity contribution >= 4 is 28.6 Å². The number of esters is 1. The first-order valence-electron chi connectivity index (χ1n) is 5.59. The molecule has 4 nitrogen and oxygen atoms in total. The number of aliphatic hydroxyl groups is 1. The van der Waals surface area contributed by atoms with Gasteiger partial charge in [0.15, 0.2) is 0 Å². The molecule has 0 saturated carbocycles. The maximum Gasteiger partial charge on any atom is 0.333 e. The molecule has 0 radical (unpaired) electrons. The van der Waals surface area contributed by atoms with E-state index in [-0.39, 0.29) is 3.92 Å². The third-order valence-electron chi connectivity index (χ3n) is 3.15. The number of benzene rings is 1. The van der Waals surface area contributed by atoms with Crippen molar-refractivity contribution in [3.05, 3.63) is 48.0 Å². The molecule has 1 saturated heterocycles. The fraction of sp³-hybridized carbons (Fsp3) is 0.308. The lowest BCUT2D eigenvalue weighted by molar-refractivity contribution is -0.190. The molecule has 1 fully saturated rings. The lowest BCUT2D eigenvalue weighted by Crippen LogP contribution is -2.38. The lowest BCUT2D eigenvalue weighted by Gasteiger charge is -2.23. The molecule has 1 aromatic carbocycles. The topological polar surface area (TPSA) is 55.8 Å². The van der Waals surface area contributed by atoms with Crippen molar-refractivity contribution in [2.75, 3.05) is 0 Å². The molecule has 3 rings (SSSR count). The van der Waals surface area contributed by atoms with Gasteiger partial charge in [-0.15, -0.1) is 0 Å². The molecule has 0 unspecified atom stereocenters. The fourth-order valence-corrected chi connectivity index (χ4v) is 3.11. The Morgan fingerprint density at radius 3 is 2.61 bits per heavy atom. The molecule has 1 spiro atoms. The van der Waals surface area contributed by atoms with Gasteiger partial charge in [-0.25, -0.2) is 4.79 Å². The molecule has 1 N–H and O–H groups in total. The second-order valence-electron chi connectivity index (χ2n) is 4.32. The number of aliphatic hydroxyl groups excluding tert-OH is 1. The number of carbonyl (C=O) groups excluding carboxylic acids is 1. The molecular formula is C13H11IO4. The van der Waals surface area contributed by atoms with Crippen LogP contribution in [0.2, 0.25) is 0 Å². The Hall–Kier alpha value is -0.920. The Labute approximate surface area is 118 Å². The molecule has 2 aliphatic rings. The highest BCUT2D eigenvalue weighted by molar-refractivity contribution is 14.1. The van der Waals surface area contributed by atoms with Crippen molar-refractivity contribution < 1.29 is 19.4 Å². The van der Waals surface area contributed by atoms with Gasteiger partial charge in [0.1, 0.15) is 16.1 Å². The van der Waals surface area contributed by atoms with Gasteiger partial charge in [0.05, 0.1) is 0 Å². The van der Waals surface area contributed by atoms with Crippen LogP contribution in [-0.4, -0.2) is 26.9 Å². The number of hydrogen-bond donors (Lipinski definition) is 1. The first kappa shape index (κ1) is 12.1. The number of carbonyl (C=O) groups is 1. The predicted molar refractivity (Wildman–Crippen MR) is 72.0 cm³/mol. The second-order valence-corrected chi connectivity index (χ2v) is 5.66. The highest BCUT2D eigenvalue weighted by Crippen LogP contribution is 2.47. The fourth-order valence-electron chi connectivity index (χ4n) is 2.25. The predicted octanol–water partition coefficient (Wildman–Crippen LogP) is 1.73. The Kier molecular flexibility index (Phi) is 2.91. The van der Waals surface area contributed by atoms with Crippen LogP contribution >= 0.6 is 22.6 Å². The molecule has 0 aliphatic carbocycles. The van der Waals surface area contributed by atoms with Crippen molar-refractivity contribution in [3.63, 3.8) is 0 Å². The van der Waals surface area contributed by atoms with Crippen LogP contribution in [0, 0.1) is 0 Å². The molecule has 0 aromatic heterocycles. The van der Waals surface area contributed by atoms with E-state index in [4.69, 9.17) is 9.47 Å². The molecule has 0 amide bonds. The highest BCUT2D eigenvalue weighted by Gasteiger charge is 2.57. The Bertz CT molecular complexity index is 501. The summed E-state index contributed by atoms with van der Waals surface area (Å²) in [5, 5.41) is 10.3. The summed E-state index contributed by atoms with van der Waals surface area (Å²) in [5.74, 6) is -1.56. The van der Waals surface area contributed by atoms with Gasteiger partial charge in [0.25, 0.3) is 0 Å². The van der Waals surface area contributed by atoms with Gasteiger partial charge in [-0.1, -0.05) is 52.9 Å². The standard InChI is InChI=1S/C13H11IO4/c14-12-10(16)11(8-4-2-1-3-5-8)18-13(12)7-6-9(15)17-13/h1-7,10-12,16H/t10-,11+,12-,13+/m1/s1. The summed E-state index contributed by atoms with van der Waals surface area (Å²) in [6.07, 6.45) is 1.72. The number of alkyl halides is 1. The number of halogens is 1. The van der Waals surface area contributed by atoms with Crippen molar-refractivity contribution in [3.8, 4) is 0 Å². The minimum absolute atomic E-state index is 0.331. The highest BCUT2D eigenvalue weighted by atomic mass is 127. The summed E-state index contributed by atoms with van der Waals surface area (Å²) in [5.41, 5.74) is 0.875. The van der Waals surface area contributed by atoms with Crippen molar-refractivity contribution in [2.45, 2.75) is 21.9 Å². The van der Waals surface area contributed by atoms with Gasteiger partial charge in [-0.2, -0.15) is 0 Å². The van der Waals surface area contributed by atoms with E-state index >= 15 is 0 Å². The van der Waals surface area contributed by atoms with Gasteiger partial charge in [-0.05, 0) is 11.6 Å². The van der Waals surface area contributed by atoms with Crippen LogP contribution in [0.4, 0.5) is 0 Å². The summed E-state index contributed by atoms with van der Waals surface area (Å²) in [7, 11) is 0. The normalized spacial score (nSPS) is 38.3. The molecule has 18 heavy (non-hydrogen) atoms. The number of rotatable bonds is 1. The molecule has 5 heteroatoms. The van der Waals surface area contributed by atoms with Crippen LogP contribution in [-0.2, 0) is 14.3 Å². The first-order valence-corrected chi connectivity index (χ1v) is 6.84. The third kappa shape index (κ3) is 1.77. The van der Waals surface area contributed by atoms with E-state index in [1.807, 2.05) is 30.3 Å². The summed E-state index contributed by atoms with van der Waals surface area (Å²) in [6, 6.07) is 9.44. The molecular weight excluding hydrogens is 347 g/mol. The average Bonchev–Trinajstić information content (AvgIpc) is 2.88. The van der Waals surface area contributed by atoms with Crippen LogP contribution in [0.5, 0.6) is 0 Å². The second kappa shape index (κ2) is 4.32. The van der Waals surface area contributed by atoms with E-state index in [0.717, 1.165) is 5.56 Å². The molecule has 94 valence electrons. The SMILES string of the molecule is O=C1C=C[C@]2(O1)O[C@@H](c1ccccc1)[C@@H](O)[C@H]2I. The van der Waals surface area contributed by atoms with Gasteiger partial charge in [0, 0.05) is 6.08 Å². The monoisotopic (exact) mass is 358 g/mol. The Balaban J connectivity index is 1.93. The molecule has 2 heterocycles. The number of ether oxygens (including phenoxy) is 2. The molecule has 2 aliphatic heterocycles. The van der Waals surface area contributed by atoms with Gasteiger partial charge < -0.3 is 14.6 Å². The molecule has 0 bridgehead atoms. The van der Waals surface area contributed by atoms with Crippen LogP contribution in [0.25, 0.3) is 0 Å². The minimum Gasteiger partial charge on any atom is -0.425 e. The van der Waals surface area contributed by atoms with E-state index < -0.39 is 24.0 Å². The zero-order valence-electron chi connectivity index (χ0n) is 9.32. The zero-order valence-corrected chi connectivity index (χ0v) is 11.5. The summed E-state index contributed by atoms with van der Waals surface area (Å²) in [6.45, 7) is 0. The smallest absolute Gasteiger partial charge is 0.333 e. The van der Waals surface area contributed by atoms with E-state index in [1.54, 1.807) is 6.08 Å². The van der Waals surface area contributed by atoms with E-state index in [1.165, 1.54) is 6.08 Å². The van der Waals surface area contributed by atoms with Crippen LogP contribution < -0.4 is 0 Å². The minimum atomic E-state index is -1.13. The Morgan fingerprint density at radius 1 is 1.28 bits per heavy atom. The van der Waals surface area contributed by atoms with Crippen LogP contribution in [0.15, 0.2) is 42.5 Å². The Morgan fingerprint density at radius 2 is 2.00 bits per heavy atom. The maximum absolute atomic E-state index is 11.2. The quantitative estimate of drug-likeness (QED) is 0.472. The lowest BCUT2D eigenvalue weighted by atomic mass is 10.0. The van der Waals surface area contributed by atoms with Crippen molar-refractivity contribution in [1.82, 2.24) is 0 Å². The van der Waals surface area contributed by atoms with Crippen molar-refractivity contribution in [2.24, 2.45) is 0 Å². The molecule has 4 atom stereocenters. The summed E-state index contributed by atoms with van der Waals surface area (Å²) >= 11 is 2.06. The average molecular weight is 358 g/mol. The van der Waals surface area contributed by atoms with Gasteiger partial charge >= 0.3 is 5.97 Å². The van der Waals surface area contributed by atoms with Crippen LogP contribution in [0.3, 0.4) is 0 Å². The van der Waals surface area contributed by atoms with Gasteiger partial charge in [-0.3, -0.25) is 0 Å².